The molecule has 0 aliphatic rings. The number of aliphatic hydroxyl groups excluding tert-OH is 9. The SMILES string of the molecule is C[C@H](O)[C@H](O)[C@@H](O)[C@@H](O)C=O.O=C[C@H](O)[C@@H](O)[C@H](O)[C@H](O)CO.[Na]. The predicted octanol–water partition coefficient (Wildman–Crippen LogP) is -6.11. The summed E-state index contributed by atoms with van der Waals surface area (Å²) < 4.78 is 0. The topological polar surface area (TPSA) is 216 Å². The second kappa shape index (κ2) is 15.3. The summed E-state index contributed by atoms with van der Waals surface area (Å²) in [5.74, 6) is 0. The maximum absolute atomic E-state index is 9.90. The zero-order chi connectivity index (χ0) is 18.7. The van der Waals surface area contributed by atoms with Crippen LogP contribution in [0.5, 0.6) is 0 Å². The first-order valence-electron chi connectivity index (χ1n) is 6.51. The molecular weight excluding hydrogens is 343 g/mol. The normalized spacial score (nSPS) is 20.6. The fraction of sp³-hybridized carbons (Fsp3) is 0.833. The van der Waals surface area contributed by atoms with Gasteiger partial charge in [0, 0.05) is 29.6 Å². The molecular formula is C12H24NaO11. The van der Waals surface area contributed by atoms with Crippen molar-refractivity contribution in [1.29, 1.82) is 0 Å². The molecule has 139 valence electrons. The van der Waals surface area contributed by atoms with Gasteiger partial charge in [-0.05, 0) is 6.92 Å². The molecule has 9 N–H and O–H groups in total. The molecule has 0 amide bonds. The van der Waals surface area contributed by atoms with E-state index in [1.807, 2.05) is 0 Å². The van der Waals surface area contributed by atoms with Crippen molar-refractivity contribution < 1.29 is 55.5 Å². The van der Waals surface area contributed by atoms with Crippen molar-refractivity contribution in [1.82, 2.24) is 0 Å². The Balaban J connectivity index is -0.000000354. The quantitative estimate of drug-likeness (QED) is 0.138. The summed E-state index contributed by atoms with van der Waals surface area (Å²) in [7, 11) is 0. The third-order valence-corrected chi connectivity index (χ3v) is 2.75. The van der Waals surface area contributed by atoms with Crippen LogP contribution >= 0.6 is 0 Å². The van der Waals surface area contributed by atoms with Crippen LogP contribution in [0.3, 0.4) is 0 Å². The number of carbonyl (C=O) groups is 2. The van der Waals surface area contributed by atoms with E-state index in [0.29, 0.717) is 0 Å². The van der Waals surface area contributed by atoms with Crippen LogP contribution < -0.4 is 0 Å². The average Bonchev–Trinajstić information content (AvgIpc) is 2.56. The smallest absolute Gasteiger partial charge is 0.151 e. The van der Waals surface area contributed by atoms with Gasteiger partial charge in [0.2, 0.25) is 0 Å². The standard InChI is InChI=1S/C6H12O6.C6H12O5.Na/c7-1-3(9)5(11)6(12)4(10)2-8;1-3(8)5(10)6(11)4(9)2-7;/h1,3-6,8-12H,2H2;2-6,8-11H,1H3;/t3-,4+,5+,6+;3-,4-,5-,6-;/m00./s1. The van der Waals surface area contributed by atoms with E-state index >= 15 is 0 Å². The van der Waals surface area contributed by atoms with E-state index in [1.54, 1.807) is 0 Å². The number of rotatable bonds is 9. The van der Waals surface area contributed by atoms with E-state index in [4.69, 9.17) is 46.0 Å². The van der Waals surface area contributed by atoms with Gasteiger partial charge in [-0.3, -0.25) is 0 Å². The summed E-state index contributed by atoms with van der Waals surface area (Å²) >= 11 is 0. The minimum Gasteiger partial charge on any atom is -0.394 e. The van der Waals surface area contributed by atoms with Crippen molar-refractivity contribution in [2.75, 3.05) is 6.61 Å². The molecule has 0 aliphatic carbocycles. The van der Waals surface area contributed by atoms with Gasteiger partial charge in [0.25, 0.3) is 0 Å². The van der Waals surface area contributed by atoms with Gasteiger partial charge in [-0.1, -0.05) is 0 Å². The second-order valence-corrected chi connectivity index (χ2v) is 4.71. The Bertz CT molecular complexity index is 330. The number of aldehydes is 2. The molecule has 0 aromatic carbocycles. The van der Waals surface area contributed by atoms with Crippen molar-refractivity contribution >= 4 is 42.1 Å². The molecule has 8 atom stereocenters. The van der Waals surface area contributed by atoms with E-state index in [9.17, 15) is 9.59 Å². The number of hydrogen-bond donors (Lipinski definition) is 9. The second-order valence-electron chi connectivity index (χ2n) is 4.71. The largest absolute Gasteiger partial charge is 0.394 e. The van der Waals surface area contributed by atoms with E-state index in [-0.39, 0.29) is 42.1 Å². The van der Waals surface area contributed by atoms with Crippen LogP contribution in [-0.2, 0) is 9.59 Å². The van der Waals surface area contributed by atoms with Gasteiger partial charge in [0.15, 0.2) is 12.6 Å². The van der Waals surface area contributed by atoms with Crippen LogP contribution in [0.15, 0.2) is 0 Å². The molecule has 0 saturated carbocycles. The van der Waals surface area contributed by atoms with E-state index in [2.05, 4.69) is 0 Å². The van der Waals surface area contributed by atoms with Crippen LogP contribution in [0.2, 0.25) is 0 Å². The number of carbonyl (C=O) groups excluding carboxylic acids is 2. The van der Waals surface area contributed by atoms with Crippen molar-refractivity contribution in [3.05, 3.63) is 0 Å². The van der Waals surface area contributed by atoms with Crippen LogP contribution in [0.1, 0.15) is 6.92 Å². The van der Waals surface area contributed by atoms with Gasteiger partial charge < -0.3 is 55.5 Å². The zero-order valence-corrected chi connectivity index (χ0v) is 15.3. The summed E-state index contributed by atoms with van der Waals surface area (Å²) in [6.45, 7) is 0.481. The average molecular weight is 367 g/mol. The van der Waals surface area contributed by atoms with Crippen LogP contribution in [-0.4, -0.2) is 144 Å². The Morgan fingerprint density at radius 2 is 1.04 bits per heavy atom. The van der Waals surface area contributed by atoms with Crippen molar-refractivity contribution in [2.45, 2.75) is 55.8 Å². The Morgan fingerprint density at radius 1 is 0.708 bits per heavy atom. The van der Waals surface area contributed by atoms with Crippen LogP contribution in [0, 0.1) is 0 Å². The fourth-order valence-corrected chi connectivity index (χ4v) is 1.19. The minimum absolute atomic E-state index is 0. The predicted molar refractivity (Wildman–Crippen MR) is 78.7 cm³/mol. The van der Waals surface area contributed by atoms with Gasteiger partial charge >= 0.3 is 0 Å². The van der Waals surface area contributed by atoms with Crippen LogP contribution in [0.4, 0.5) is 0 Å². The molecule has 0 unspecified atom stereocenters. The summed E-state index contributed by atoms with van der Waals surface area (Å²) in [5, 5.41) is 78.6. The number of aliphatic hydroxyl groups is 9. The first kappa shape index (κ1) is 28.8. The Labute approximate surface area is 160 Å². The van der Waals surface area contributed by atoms with E-state index in [0.717, 1.165) is 0 Å². The van der Waals surface area contributed by atoms with Crippen molar-refractivity contribution in [3.63, 3.8) is 0 Å². The molecule has 11 nitrogen and oxygen atoms in total. The summed E-state index contributed by atoms with van der Waals surface area (Å²) in [6.07, 6.45) is -12.7. The van der Waals surface area contributed by atoms with Gasteiger partial charge in [-0.15, -0.1) is 0 Å². The van der Waals surface area contributed by atoms with Gasteiger partial charge in [0.1, 0.15) is 42.7 Å². The van der Waals surface area contributed by atoms with Gasteiger partial charge in [-0.25, -0.2) is 0 Å². The van der Waals surface area contributed by atoms with Crippen LogP contribution in [0.25, 0.3) is 0 Å². The zero-order valence-electron chi connectivity index (χ0n) is 13.3. The van der Waals surface area contributed by atoms with E-state index in [1.165, 1.54) is 6.92 Å². The molecule has 0 saturated heterocycles. The molecule has 0 heterocycles. The first-order chi connectivity index (χ1) is 10.5. The first-order valence-corrected chi connectivity index (χ1v) is 6.51. The Kier molecular flexibility index (Phi) is 18.3. The Hall–Kier alpha value is -0.0200. The van der Waals surface area contributed by atoms with Crippen molar-refractivity contribution in [3.8, 4) is 0 Å². The van der Waals surface area contributed by atoms with E-state index < -0.39 is 55.4 Å². The Morgan fingerprint density at radius 3 is 1.29 bits per heavy atom. The maximum atomic E-state index is 9.90. The summed E-state index contributed by atoms with van der Waals surface area (Å²) in [6, 6.07) is 0. The molecule has 1 radical (unpaired) electrons. The third-order valence-electron chi connectivity index (χ3n) is 2.75. The molecule has 0 aromatic rings. The van der Waals surface area contributed by atoms with Crippen molar-refractivity contribution in [2.24, 2.45) is 0 Å². The molecule has 24 heavy (non-hydrogen) atoms. The summed E-state index contributed by atoms with van der Waals surface area (Å²) in [5.41, 5.74) is 0. The molecule has 0 aliphatic heterocycles. The molecule has 0 rings (SSSR count). The van der Waals surface area contributed by atoms with Gasteiger partial charge in [-0.2, -0.15) is 0 Å². The fourth-order valence-electron chi connectivity index (χ4n) is 1.19. The third kappa shape index (κ3) is 10.8. The molecule has 0 aromatic heterocycles. The monoisotopic (exact) mass is 367 g/mol. The molecule has 0 fully saturated rings. The molecule has 0 spiro atoms. The number of hydrogen-bond acceptors (Lipinski definition) is 11. The molecule has 12 heteroatoms. The molecule has 0 bridgehead atoms. The summed E-state index contributed by atoms with van der Waals surface area (Å²) in [4.78, 5) is 19.8. The maximum Gasteiger partial charge on any atom is 0.151 e. The van der Waals surface area contributed by atoms with Gasteiger partial charge in [0.05, 0.1) is 12.7 Å². The minimum atomic E-state index is -1.79.